The summed E-state index contributed by atoms with van der Waals surface area (Å²) in [5, 5.41) is 0. The standard InChI is InChI=1S/C85H162BN/c1-4-7-10-13-16-19-22-25-28-31-34-37-40-43-46-49-52-55-58-61-64-67-70-73-76-80-85-81-79-83-86(82-77-74-71-68-65-62-59-56-53-50-47-44-41-38-35-32-29-26-23-20-17-14-11-8-5-2)87(85)84-78-75-72-69-66-63-60-57-54-51-48-45-42-39-36-33-30-27-24-21-18-15-12-9-6-3/h76-84H,4-75H2,1-3H3/b80-76+,82-77+,84-78+. The molecule has 0 aromatic carbocycles. The zero-order valence-electron chi connectivity index (χ0n) is 60.6. The Kier molecular flexibility index (Phi) is 72.3. The van der Waals surface area contributed by atoms with Gasteiger partial charge in [-0.05, 0) is 56.9 Å². The molecule has 87 heavy (non-hydrogen) atoms. The van der Waals surface area contributed by atoms with Crippen LogP contribution in [0.5, 0.6) is 0 Å². The highest BCUT2D eigenvalue weighted by Crippen LogP contribution is 2.23. The maximum absolute atomic E-state index is 2.56. The maximum Gasteiger partial charge on any atom is 0.312 e. The minimum Gasteiger partial charge on any atom is -0.384 e. The predicted octanol–water partition coefficient (Wildman–Crippen LogP) is 31.6. The minimum atomic E-state index is 0.323. The van der Waals surface area contributed by atoms with Crippen LogP contribution < -0.4 is 0 Å². The zero-order chi connectivity index (χ0) is 62.0. The molecule has 510 valence electrons. The Morgan fingerprint density at radius 1 is 0.241 bits per heavy atom. The lowest BCUT2D eigenvalue weighted by atomic mass is 9.58. The smallest absolute Gasteiger partial charge is 0.312 e. The molecule has 1 aliphatic heterocycles. The molecule has 0 unspecified atom stereocenters. The van der Waals surface area contributed by atoms with Crippen LogP contribution in [0.4, 0.5) is 0 Å². The molecule has 0 N–H and O–H groups in total. The van der Waals surface area contributed by atoms with E-state index in [1.807, 2.05) is 0 Å². The van der Waals surface area contributed by atoms with Gasteiger partial charge in [0.05, 0.1) is 0 Å². The van der Waals surface area contributed by atoms with Crippen molar-refractivity contribution < 1.29 is 0 Å². The summed E-state index contributed by atoms with van der Waals surface area (Å²) in [6.07, 6.45) is 121. The first kappa shape index (κ1) is 83.6. The molecule has 0 atom stereocenters. The van der Waals surface area contributed by atoms with Gasteiger partial charge in [0, 0.05) is 5.70 Å². The molecule has 0 saturated carbocycles. The fourth-order valence-corrected chi connectivity index (χ4v) is 13.9. The topological polar surface area (TPSA) is 3.24 Å². The van der Waals surface area contributed by atoms with E-state index in [1.54, 1.807) is 0 Å². The third-order valence-electron chi connectivity index (χ3n) is 20.0. The number of allylic oxidation sites excluding steroid dienone is 6. The van der Waals surface area contributed by atoms with Gasteiger partial charge >= 0.3 is 6.85 Å². The molecular formula is C85H162BN. The third-order valence-corrected chi connectivity index (χ3v) is 20.0. The Morgan fingerprint density at radius 3 is 0.667 bits per heavy atom. The van der Waals surface area contributed by atoms with Crippen LogP contribution in [0, 0.1) is 0 Å². The van der Waals surface area contributed by atoms with Gasteiger partial charge in [0.1, 0.15) is 0 Å². The lowest BCUT2D eigenvalue weighted by Crippen LogP contribution is -2.33. The second kappa shape index (κ2) is 75.3. The molecule has 0 amide bonds. The summed E-state index contributed by atoms with van der Waals surface area (Å²) >= 11 is 0. The number of hydrogen-bond acceptors (Lipinski definition) is 1. The van der Waals surface area contributed by atoms with Crippen LogP contribution in [0.1, 0.15) is 483 Å². The highest BCUT2D eigenvalue weighted by molar-refractivity contribution is 6.67. The van der Waals surface area contributed by atoms with Gasteiger partial charge in [0.2, 0.25) is 0 Å². The van der Waals surface area contributed by atoms with Crippen molar-refractivity contribution in [2.75, 3.05) is 0 Å². The van der Waals surface area contributed by atoms with E-state index >= 15 is 0 Å². The first-order valence-corrected chi connectivity index (χ1v) is 41.5. The van der Waals surface area contributed by atoms with Crippen LogP contribution in [0.15, 0.2) is 60.3 Å². The van der Waals surface area contributed by atoms with E-state index in [0.717, 1.165) is 0 Å². The van der Waals surface area contributed by atoms with E-state index in [9.17, 15) is 0 Å². The zero-order valence-corrected chi connectivity index (χ0v) is 60.6. The summed E-state index contributed by atoms with van der Waals surface area (Å²) < 4.78 is 0. The first-order valence-electron chi connectivity index (χ1n) is 41.5. The molecular weight excluding hydrogens is 1050 g/mol. The Balaban J connectivity index is 2.26. The van der Waals surface area contributed by atoms with E-state index in [-0.39, 0.29) is 0 Å². The van der Waals surface area contributed by atoms with Crippen molar-refractivity contribution >= 4 is 6.85 Å². The SMILES string of the molecule is CCCCCCCCCCCCCCCCCCCCCCCCC/C=C/B1C=CC=C(/C=C/CCCCCCCCCCCCCCCCCCCCCCCCC)N1/C=C/CCCCCCCCCCCCCCCCCCCCCCCCC. The van der Waals surface area contributed by atoms with Crippen LogP contribution in [0.25, 0.3) is 0 Å². The second-order valence-corrected chi connectivity index (χ2v) is 28.8. The van der Waals surface area contributed by atoms with Crippen molar-refractivity contribution in [3.8, 4) is 0 Å². The molecule has 0 saturated heterocycles. The molecule has 0 aromatic rings. The lowest BCUT2D eigenvalue weighted by Gasteiger charge is -2.28. The van der Waals surface area contributed by atoms with E-state index in [1.165, 1.54) is 468 Å². The molecule has 2 heteroatoms. The van der Waals surface area contributed by atoms with Crippen molar-refractivity contribution in [3.63, 3.8) is 0 Å². The second-order valence-electron chi connectivity index (χ2n) is 28.8. The Bertz CT molecular complexity index is 1420. The molecule has 0 bridgehead atoms. The summed E-state index contributed by atoms with van der Waals surface area (Å²) in [4.78, 5) is 2.56. The molecule has 1 rings (SSSR count). The molecule has 0 aliphatic carbocycles. The summed E-state index contributed by atoms with van der Waals surface area (Å²) in [5.41, 5.74) is 1.36. The molecule has 0 fully saturated rings. The normalized spacial score (nSPS) is 12.9. The molecule has 0 spiro atoms. The highest BCUT2D eigenvalue weighted by atomic mass is 15.0. The van der Waals surface area contributed by atoms with Gasteiger partial charge in [0.25, 0.3) is 0 Å². The van der Waals surface area contributed by atoms with Crippen LogP contribution >= 0.6 is 0 Å². The summed E-state index contributed by atoms with van der Waals surface area (Å²) in [6.45, 7) is 7.28. The summed E-state index contributed by atoms with van der Waals surface area (Å²) in [6, 6.07) is 0. The lowest BCUT2D eigenvalue weighted by molar-refractivity contribution is 0.518. The predicted molar refractivity (Wildman–Crippen MR) is 402 cm³/mol. The average Bonchev–Trinajstić information content (AvgIpc) is 3.73. The van der Waals surface area contributed by atoms with Gasteiger partial charge in [-0.2, -0.15) is 0 Å². The fourth-order valence-electron chi connectivity index (χ4n) is 13.9. The van der Waals surface area contributed by atoms with Gasteiger partial charge in [0.15, 0.2) is 0 Å². The van der Waals surface area contributed by atoms with E-state index in [2.05, 4.69) is 80.2 Å². The van der Waals surface area contributed by atoms with E-state index in [0.29, 0.717) is 6.85 Å². The quantitative estimate of drug-likeness (QED) is 0.0433. The van der Waals surface area contributed by atoms with Crippen molar-refractivity contribution in [1.82, 2.24) is 4.81 Å². The van der Waals surface area contributed by atoms with Crippen molar-refractivity contribution in [2.24, 2.45) is 0 Å². The van der Waals surface area contributed by atoms with Crippen LogP contribution in [0.2, 0.25) is 0 Å². The molecule has 1 heterocycles. The van der Waals surface area contributed by atoms with Gasteiger partial charge in [-0.25, -0.2) is 0 Å². The van der Waals surface area contributed by atoms with Crippen molar-refractivity contribution in [1.29, 1.82) is 0 Å². The van der Waals surface area contributed by atoms with Crippen molar-refractivity contribution in [3.05, 3.63) is 60.3 Å². The molecule has 0 aromatic heterocycles. The molecule has 1 aliphatic rings. The molecule has 0 radical (unpaired) electrons. The number of hydrogen-bond donors (Lipinski definition) is 0. The third kappa shape index (κ3) is 65.8. The highest BCUT2D eigenvalue weighted by Gasteiger charge is 2.19. The van der Waals surface area contributed by atoms with Gasteiger partial charge in [-0.1, -0.05) is 481 Å². The largest absolute Gasteiger partial charge is 0.384 e. The maximum atomic E-state index is 2.56. The Hall–Kier alpha value is -1.44. The minimum absolute atomic E-state index is 0.323. The van der Waals surface area contributed by atoms with Gasteiger partial charge < -0.3 is 4.81 Å². The summed E-state index contributed by atoms with van der Waals surface area (Å²) in [5.74, 6) is 4.91. The Labute approximate surface area is 552 Å². The average molecular weight is 1210 g/mol. The van der Waals surface area contributed by atoms with E-state index in [4.69, 9.17) is 0 Å². The number of unbranched alkanes of at least 4 members (excludes halogenated alkanes) is 69. The summed E-state index contributed by atoms with van der Waals surface area (Å²) in [7, 11) is 0. The van der Waals surface area contributed by atoms with Gasteiger partial charge in [-0.15, -0.1) is 0 Å². The fraction of sp³-hybridized carbons (Fsp3) is 0.882. The van der Waals surface area contributed by atoms with Crippen LogP contribution in [0.3, 0.4) is 0 Å². The van der Waals surface area contributed by atoms with Crippen LogP contribution in [-0.2, 0) is 0 Å². The van der Waals surface area contributed by atoms with E-state index < -0.39 is 0 Å². The number of nitrogens with zero attached hydrogens (tertiary/aromatic N) is 1. The van der Waals surface area contributed by atoms with Gasteiger partial charge in [-0.3, -0.25) is 0 Å². The van der Waals surface area contributed by atoms with Crippen LogP contribution in [-0.4, -0.2) is 11.7 Å². The monoisotopic (exact) mass is 1210 g/mol. The Morgan fingerprint density at radius 2 is 0.437 bits per heavy atom. The van der Waals surface area contributed by atoms with Crippen molar-refractivity contribution in [2.45, 2.75) is 483 Å². The first-order chi connectivity index (χ1) is 43.3. The molecule has 1 nitrogen and oxygen atoms in total. The number of rotatable bonds is 75.